The van der Waals surface area contributed by atoms with Crippen molar-refractivity contribution in [3.8, 4) is 5.75 Å². The lowest BCUT2D eigenvalue weighted by molar-refractivity contribution is -0.124. The molecule has 142 valence electrons. The maximum Gasteiger partial charge on any atom is 0.258 e. The van der Waals surface area contributed by atoms with E-state index >= 15 is 0 Å². The summed E-state index contributed by atoms with van der Waals surface area (Å²) < 4.78 is 5.67. The van der Waals surface area contributed by atoms with E-state index in [0.717, 1.165) is 30.6 Å². The fraction of sp³-hybridized carbons (Fsp3) is 0.381. The Labute approximate surface area is 159 Å². The number of piperidine rings is 1. The van der Waals surface area contributed by atoms with Gasteiger partial charge in [0.15, 0.2) is 6.61 Å². The van der Waals surface area contributed by atoms with Gasteiger partial charge in [-0.05, 0) is 43.0 Å². The number of benzene rings is 1. The third-order valence-corrected chi connectivity index (χ3v) is 4.77. The Morgan fingerprint density at radius 1 is 1.19 bits per heavy atom. The highest BCUT2D eigenvalue weighted by Gasteiger charge is 2.24. The number of nitrogens with one attached hydrogen (secondary N) is 1. The van der Waals surface area contributed by atoms with Crippen molar-refractivity contribution in [2.75, 3.05) is 19.7 Å². The smallest absolute Gasteiger partial charge is 0.258 e. The molecule has 0 radical (unpaired) electrons. The van der Waals surface area contributed by atoms with Gasteiger partial charge in [0.2, 0.25) is 0 Å². The van der Waals surface area contributed by atoms with Crippen LogP contribution in [0.1, 0.15) is 35.7 Å². The molecule has 1 N–H and O–H groups in total. The Hall–Kier alpha value is -2.89. The van der Waals surface area contributed by atoms with Crippen LogP contribution in [0.3, 0.4) is 0 Å². The van der Waals surface area contributed by atoms with Crippen LogP contribution < -0.4 is 10.1 Å². The molecule has 0 unspecified atom stereocenters. The first-order valence-electron chi connectivity index (χ1n) is 9.36. The van der Waals surface area contributed by atoms with Gasteiger partial charge in [-0.2, -0.15) is 0 Å². The highest BCUT2D eigenvalue weighted by molar-refractivity contribution is 5.93. The molecule has 1 aliphatic heterocycles. The monoisotopic (exact) mass is 367 g/mol. The molecule has 2 aromatic rings. The van der Waals surface area contributed by atoms with Crippen molar-refractivity contribution in [3.63, 3.8) is 0 Å². The molecule has 0 aliphatic carbocycles. The van der Waals surface area contributed by atoms with Gasteiger partial charge in [-0.15, -0.1) is 0 Å². The molecule has 2 amide bonds. The van der Waals surface area contributed by atoms with Crippen molar-refractivity contribution in [1.82, 2.24) is 15.2 Å². The van der Waals surface area contributed by atoms with Crippen molar-refractivity contribution in [2.24, 2.45) is 0 Å². The number of aromatic nitrogens is 1. The molecule has 27 heavy (non-hydrogen) atoms. The van der Waals surface area contributed by atoms with E-state index < -0.39 is 0 Å². The van der Waals surface area contributed by atoms with E-state index in [9.17, 15) is 9.59 Å². The SMILES string of the molecule is CCc1ccccc1OCC(=O)NC1CCN(C(=O)c2cccnc2)CC1. The molecule has 1 saturated heterocycles. The van der Waals surface area contributed by atoms with Crippen molar-refractivity contribution in [1.29, 1.82) is 0 Å². The summed E-state index contributed by atoms with van der Waals surface area (Å²) in [5.74, 6) is 0.623. The van der Waals surface area contributed by atoms with E-state index in [4.69, 9.17) is 4.74 Å². The van der Waals surface area contributed by atoms with Crippen LogP contribution in [0.2, 0.25) is 0 Å². The number of nitrogens with zero attached hydrogens (tertiary/aromatic N) is 2. The minimum absolute atomic E-state index is 0.00580. The number of hydrogen-bond acceptors (Lipinski definition) is 4. The van der Waals surface area contributed by atoms with Crippen LogP contribution >= 0.6 is 0 Å². The molecule has 0 bridgehead atoms. The number of carbonyl (C=O) groups excluding carboxylic acids is 2. The lowest BCUT2D eigenvalue weighted by atomic mass is 10.0. The number of aryl methyl sites for hydroxylation is 1. The van der Waals surface area contributed by atoms with Crippen LogP contribution in [0.4, 0.5) is 0 Å². The first-order chi connectivity index (χ1) is 13.2. The zero-order valence-electron chi connectivity index (χ0n) is 15.6. The van der Waals surface area contributed by atoms with Gasteiger partial charge in [-0.3, -0.25) is 14.6 Å². The van der Waals surface area contributed by atoms with Crippen LogP contribution in [0.5, 0.6) is 5.75 Å². The standard InChI is InChI=1S/C21H25N3O3/c1-2-16-6-3-4-8-19(16)27-15-20(25)23-18-9-12-24(13-10-18)21(26)17-7-5-11-22-14-17/h3-8,11,14,18H,2,9-10,12-13,15H2,1H3,(H,23,25). The number of rotatable bonds is 6. The van der Waals surface area contributed by atoms with Crippen molar-refractivity contribution < 1.29 is 14.3 Å². The molecule has 1 aromatic carbocycles. The average Bonchev–Trinajstić information content (AvgIpc) is 2.73. The summed E-state index contributed by atoms with van der Waals surface area (Å²) in [4.78, 5) is 30.4. The van der Waals surface area contributed by atoms with Gasteiger partial charge in [-0.25, -0.2) is 0 Å². The van der Waals surface area contributed by atoms with Gasteiger partial charge in [0.25, 0.3) is 11.8 Å². The third-order valence-electron chi connectivity index (χ3n) is 4.77. The predicted molar refractivity (Wildman–Crippen MR) is 103 cm³/mol. The Bertz CT molecular complexity index is 771. The summed E-state index contributed by atoms with van der Waals surface area (Å²) in [5, 5.41) is 3.01. The molecular formula is C21H25N3O3. The third kappa shape index (κ3) is 5.06. The van der Waals surface area contributed by atoms with Crippen molar-refractivity contribution in [3.05, 3.63) is 59.9 Å². The second kappa shape index (κ2) is 9.16. The van der Waals surface area contributed by atoms with Gasteiger partial charge >= 0.3 is 0 Å². The molecule has 6 nitrogen and oxygen atoms in total. The molecule has 1 aliphatic rings. The maximum atomic E-state index is 12.4. The average molecular weight is 367 g/mol. The van der Waals surface area contributed by atoms with Crippen LogP contribution in [-0.2, 0) is 11.2 Å². The lowest BCUT2D eigenvalue weighted by Crippen LogP contribution is -2.47. The maximum absolute atomic E-state index is 12.4. The largest absolute Gasteiger partial charge is 0.483 e. The Kier molecular flexibility index (Phi) is 6.41. The first-order valence-corrected chi connectivity index (χ1v) is 9.36. The topological polar surface area (TPSA) is 71.5 Å². The Morgan fingerprint density at radius 2 is 1.96 bits per heavy atom. The number of hydrogen-bond donors (Lipinski definition) is 1. The number of ether oxygens (including phenoxy) is 1. The number of para-hydroxylation sites is 1. The molecule has 2 heterocycles. The zero-order valence-corrected chi connectivity index (χ0v) is 15.6. The fourth-order valence-corrected chi connectivity index (χ4v) is 3.25. The molecular weight excluding hydrogens is 342 g/mol. The molecule has 1 fully saturated rings. The van der Waals surface area contributed by atoms with Gasteiger partial charge < -0.3 is 15.0 Å². The predicted octanol–water partition coefficient (Wildman–Crippen LogP) is 2.44. The Balaban J connectivity index is 1.43. The second-order valence-electron chi connectivity index (χ2n) is 6.63. The number of pyridine rings is 1. The van der Waals surface area contributed by atoms with E-state index in [-0.39, 0.29) is 24.5 Å². The molecule has 0 saturated carbocycles. The number of carbonyl (C=O) groups is 2. The number of amides is 2. The quantitative estimate of drug-likeness (QED) is 0.851. The van der Waals surface area contributed by atoms with E-state index in [1.165, 1.54) is 0 Å². The van der Waals surface area contributed by atoms with Crippen molar-refractivity contribution in [2.45, 2.75) is 32.2 Å². The van der Waals surface area contributed by atoms with Gasteiger partial charge in [0, 0.05) is 31.5 Å². The molecule has 3 rings (SSSR count). The minimum atomic E-state index is -0.127. The molecule has 0 spiro atoms. The van der Waals surface area contributed by atoms with Crippen LogP contribution in [0.25, 0.3) is 0 Å². The lowest BCUT2D eigenvalue weighted by Gasteiger charge is -2.32. The van der Waals surface area contributed by atoms with Crippen LogP contribution in [0.15, 0.2) is 48.8 Å². The fourth-order valence-electron chi connectivity index (χ4n) is 3.25. The second-order valence-corrected chi connectivity index (χ2v) is 6.63. The molecule has 1 aromatic heterocycles. The Morgan fingerprint density at radius 3 is 2.67 bits per heavy atom. The molecule has 6 heteroatoms. The van der Waals surface area contributed by atoms with Crippen LogP contribution in [0, 0.1) is 0 Å². The van der Waals surface area contributed by atoms with Gasteiger partial charge in [0.1, 0.15) is 5.75 Å². The summed E-state index contributed by atoms with van der Waals surface area (Å²) in [6, 6.07) is 11.4. The summed E-state index contributed by atoms with van der Waals surface area (Å²) in [5.41, 5.74) is 1.69. The van der Waals surface area contributed by atoms with Crippen molar-refractivity contribution >= 4 is 11.8 Å². The van der Waals surface area contributed by atoms with E-state index in [1.54, 1.807) is 24.5 Å². The van der Waals surface area contributed by atoms with E-state index in [2.05, 4.69) is 17.2 Å². The minimum Gasteiger partial charge on any atom is -0.483 e. The van der Waals surface area contributed by atoms with Gasteiger partial charge in [-0.1, -0.05) is 25.1 Å². The number of likely N-dealkylation sites (tertiary alicyclic amines) is 1. The summed E-state index contributed by atoms with van der Waals surface area (Å²) in [6.07, 6.45) is 5.58. The summed E-state index contributed by atoms with van der Waals surface area (Å²) >= 11 is 0. The summed E-state index contributed by atoms with van der Waals surface area (Å²) in [6.45, 7) is 3.31. The highest BCUT2D eigenvalue weighted by Crippen LogP contribution is 2.18. The van der Waals surface area contributed by atoms with E-state index in [1.807, 2.05) is 29.2 Å². The van der Waals surface area contributed by atoms with Crippen LogP contribution in [-0.4, -0.2) is 47.4 Å². The highest BCUT2D eigenvalue weighted by atomic mass is 16.5. The normalized spacial score (nSPS) is 14.6. The van der Waals surface area contributed by atoms with Gasteiger partial charge in [0.05, 0.1) is 5.56 Å². The molecule has 0 atom stereocenters. The first kappa shape index (κ1) is 18.9. The zero-order chi connectivity index (χ0) is 19.1. The van der Waals surface area contributed by atoms with E-state index in [0.29, 0.717) is 18.7 Å². The summed E-state index contributed by atoms with van der Waals surface area (Å²) in [7, 11) is 0.